The second-order valence-corrected chi connectivity index (χ2v) is 8.01. The number of hydrogen-bond acceptors (Lipinski definition) is 6. The Morgan fingerprint density at radius 1 is 1.23 bits per heavy atom. The van der Waals surface area contributed by atoms with Crippen molar-refractivity contribution in [2.24, 2.45) is 0 Å². The molecule has 0 saturated carbocycles. The highest BCUT2D eigenvalue weighted by atomic mass is 32.2. The molecule has 1 N–H and O–H groups in total. The first-order valence-electron chi connectivity index (χ1n) is 8.07. The fourth-order valence-corrected chi connectivity index (χ4v) is 3.73. The molecular weight excluding hydrogens is 378 g/mol. The smallest absolute Gasteiger partial charge is 0.325 e. The van der Waals surface area contributed by atoms with Crippen molar-refractivity contribution in [1.29, 1.82) is 0 Å². The largest absolute Gasteiger partial charge is 0.465 e. The van der Waals surface area contributed by atoms with E-state index < -0.39 is 21.7 Å². The Kier molecular flexibility index (Phi) is 6.54. The van der Waals surface area contributed by atoms with Gasteiger partial charge >= 0.3 is 5.97 Å². The molecule has 0 unspecified atom stereocenters. The molecule has 1 aromatic rings. The van der Waals surface area contributed by atoms with Gasteiger partial charge in [-0.05, 0) is 37.7 Å². The Balaban J connectivity index is 2.16. The molecule has 1 amide bonds. The summed E-state index contributed by atoms with van der Waals surface area (Å²) in [5.41, 5.74) is 0.0927. The van der Waals surface area contributed by atoms with E-state index in [0.717, 1.165) is 6.26 Å². The SMILES string of the molecule is CCOC(=O)CNC(=S)N1CCCN1C(=O)c1ccccc1S(C)(=O)=O. The molecule has 2 rings (SSSR count). The molecule has 1 aliphatic rings. The summed E-state index contributed by atoms with van der Waals surface area (Å²) in [6.45, 7) is 2.75. The molecule has 8 nitrogen and oxygen atoms in total. The van der Waals surface area contributed by atoms with Crippen LogP contribution in [-0.4, -0.2) is 67.9 Å². The van der Waals surface area contributed by atoms with Crippen molar-refractivity contribution in [3.63, 3.8) is 0 Å². The molecule has 1 aliphatic heterocycles. The Morgan fingerprint density at radius 2 is 1.88 bits per heavy atom. The van der Waals surface area contributed by atoms with Crippen molar-refractivity contribution in [2.45, 2.75) is 18.2 Å². The maximum absolute atomic E-state index is 12.9. The van der Waals surface area contributed by atoms with Crippen LogP contribution in [0.4, 0.5) is 0 Å². The average Bonchev–Trinajstić information content (AvgIpc) is 3.08. The van der Waals surface area contributed by atoms with Crippen LogP contribution in [0, 0.1) is 0 Å². The van der Waals surface area contributed by atoms with Crippen molar-refractivity contribution < 1.29 is 22.7 Å². The van der Waals surface area contributed by atoms with Crippen LogP contribution >= 0.6 is 12.2 Å². The van der Waals surface area contributed by atoms with Crippen LogP contribution in [0.25, 0.3) is 0 Å². The fraction of sp³-hybridized carbons (Fsp3) is 0.438. The predicted molar refractivity (Wildman–Crippen MR) is 99.1 cm³/mol. The van der Waals surface area contributed by atoms with Crippen LogP contribution in [0.5, 0.6) is 0 Å². The highest BCUT2D eigenvalue weighted by Crippen LogP contribution is 2.21. The number of ether oxygens (including phenoxy) is 1. The summed E-state index contributed by atoms with van der Waals surface area (Å²) in [6.07, 6.45) is 1.74. The van der Waals surface area contributed by atoms with Gasteiger partial charge in [-0.15, -0.1) is 0 Å². The minimum atomic E-state index is -3.55. The van der Waals surface area contributed by atoms with Crippen molar-refractivity contribution in [3.05, 3.63) is 29.8 Å². The van der Waals surface area contributed by atoms with Gasteiger partial charge in [0.15, 0.2) is 14.9 Å². The quantitative estimate of drug-likeness (QED) is 0.568. The zero-order valence-corrected chi connectivity index (χ0v) is 16.2. The number of carbonyl (C=O) groups excluding carboxylic acids is 2. The number of hydrogen-bond donors (Lipinski definition) is 1. The minimum Gasteiger partial charge on any atom is -0.465 e. The van der Waals surface area contributed by atoms with Crippen LogP contribution in [-0.2, 0) is 19.4 Å². The first-order chi connectivity index (χ1) is 12.3. The number of thiocarbonyl (C=S) groups is 1. The van der Waals surface area contributed by atoms with Crippen molar-refractivity contribution in [3.8, 4) is 0 Å². The maximum atomic E-state index is 12.9. The Morgan fingerprint density at radius 3 is 2.54 bits per heavy atom. The number of carbonyl (C=O) groups is 2. The summed E-state index contributed by atoms with van der Waals surface area (Å²) >= 11 is 5.26. The van der Waals surface area contributed by atoms with Crippen LogP contribution in [0.15, 0.2) is 29.2 Å². The second-order valence-electron chi connectivity index (χ2n) is 5.64. The second kappa shape index (κ2) is 8.45. The van der Waals surface area contributed by atoms with Crippen LogP contribution in [0.1, 0.15) is 23.7 Å². The van der Waals surface area contributed by atoms with Crippen LogP contribution in [0.3, 0.4) is 0 Å². The summed E-state index contributed by atoms with van der Waals surface area (Å²) in [5, 5.41) is 5.90. The minimum absolute atomic E-state index is 0.0257. The van der Waals surface area contributed by atoms with E-state index in [1.54, 1.807) is 19.1 Å². The molecule has 0 aromatic heterocycles. The topological polar surface area (TPSA) is 96.0 Å². The standard InChI is InChI=1S/C16H21N3O5S2/c1-3-24-14(20)11-17-16(25)19-10-6-9-18(19)15(21)12-7-4-5-8-13(12)26(2,22)23/h4-5,7-8H,3,6,9-11H2,1-2H3,(H,17,25). The monoisotopic (exact) mass is 399 g/mol. The lowest BCUT2D eigenvalue weighted by atomic mass is 10.2. The summed E-state index contributed by atoms with van der Waals surface area (Å²) < 4.78 is 28.7. The van der Waals surface area contributed by atoms with Crippen LogP contribution < -0.4 is 5.32 Å². The third-order valence-electron chi connectivity index (χ3n) is 3.71. The van der Waals surface area contributed by atoms with E-state index in [9.17, 15) is 18.0 Å². The Labute approximate surface area is 158 Å². The Hall–Kier alpha value is -2.20. The normalized spacial score (nSPS) is 14.2. The summed E-state index contributed by atoms with van der Waals surface area (Å²) in [5.74, 6) is -0.904. The van der Waals surface area contributed by atoms with Gasteiger partial charge < -0.3 is 10.1 Å². The number of rotatable bonds is 5. The number of benzene rings is 1. The lowest BCUT2D eigenvalue weighted by Gasteiger charge is -2.30. The first kappa shape index (κ1) is 20.1. The Bertz CT molecular complexity index is 810. The molecule has 1 aromatic carbocycles. The molecule has 1 heterocycles. The molecule has 1 saturated heterocycles. The average molecular weight is 399 g/mol. The number of nitrogens with zero attached hydrogens (tertiary/aromatic N) is 2. The zero-order valence-electron chi connectivity index (χ0n) is 14.6. The highest BCUT2D eigenvalue weighted by Gasteiger charge is 2.32. The number of sulfone groups is 1. The van der Waals surface area contributed by atoms with Crippen LogP contribution in [0.2, 0.25) is 0 Å². The molecule has 0 aliphatic carbocycles. The molecule has 0 spiro atoms. The van der Waals surface area contributed by atoms with Gasteiger partial charge in [0, 0.05) is 19.3 Å². The van der Waals surface area contributed by atoms with E-state index in [2.05, 4.69) is 5.32 Å². The van der Waals surface area contributed by atoms with Crippen molar-refractivity contribution >= 4 is 39.0 Å². The molecule has 10 heteroatoms. The van der Waals surface area contributed by atoms with Crippen molar-refractivity contribution in [1.82, 2.24) is 15.3 Å². The van der Waals surface area contributed by atoms with Gasteiger partial charge in [-0.2, -0.15) is 0 Å². The molecule has 0 radical (unpaired) electrons. The van der Waals surface area contributed by atoms with Gasteiger partial charge in [0.1, 0.15) is 6.54 Å². The van der Waals surface area contributed by atoms with Gasteiger partial charge in [-0.25, -0.2) is 13.4 Å². The molecule has 0 bridgehead atoms. The molecule has 142 valence electrons. The maximum Gasteiger partial charge on any atom is 0.325 e. The van der Waals surface area contributed by atoms with E-state index in [-0.39, 0.29) is 28.7 Å². The van der Waals surface area contributed by atoms with E-state index in [0.29, 0.717) is 19.5 Å². The number of hydrazine groups is 1. The lowest BCUT2D eigenvalue weighted by molar-refractivity contribution is -0.141. The predicted octanol–water partition coefficient (Wildman–Crippen LogP) is 0.591. The molecule has 26 heavy (non-hydrogen) atoms. The first-order valence-corrected chi connectivity index (χ1v) is 10.4. The van der Waals surface area contributed by atoms with E-state index >= 15 is 0 Å². The van der Waals surface area contributed by atoms with E-state index in [1.165, 1.54) is 22.2 Å². The van der Waals surface area contributed by atoms with Crippen molar-refractivity contribution in [2.75, 3.05) is 32.5 Å². The van der Waals surface area contributed by atoms with Gasteiger partial charge in [0.05, 0.1) is 17.1 Å². The number of amides is 1. The van der Waals surface area contributed by atoms with Gasteiger partial charge in [-0.1, -0.05) is 12.1 Å². The fourth-order valence-electron chi connectivity index (χ4n) is 2.59. The van der Waals surface area contributed by atoms with Gasteiger partial charge in [0.2, 0.25) is 0 Å². The molecule has 1 fully saturated rings. The van der Waals surface area contributed by atoms with Gasteiger partial charge in [-0.3, -0.25) is 14.6 Å². The molecular formula is C16H21N3O5S2. The third-order valence-corrected chi connectivity index (χ3v) is 5.22. The lowest BCUT2D eigenvalue weighted by Crippen LogP contribution is -2.50. The number of nitrogens with one attached hydrogen (secondary N) is 1. The van der Waals surface area contributed by atoms with E-state index in [4.69, 9.17) is 17.0 Å². The van der Waals surface area contributed by atoms with E-state index in [1.807, 2.05) is 0 Å². The summed E-state index contributed by atoms with van der Waals surface area (Å²) in [6, 6.07) is 6.06. The van der Waals surface area contributed by atoms with Gasteiger partial charge in [0.25, 0.3) is 5.91 Å². The molecule has 0 atom stereocenters. The third kappa shape index (κ3) is 4.70. The zero-order chi connectivity index (χ0) is 19.3. The number of esters is 1. The summed E-state index contributed by atoms with van der Waals surface area (Å²) in [4.78, 5) is 24.3. The highest BCUT2D eigenvalue weighted by molar-refractivity contribution is 7.90. The summed E-state index contributed by atoms with van der Waals surface area (Å²) in [7, 11) is -3.55.